The Balaban J connectivity index is 6.97. The van der Waals surface area contributed by atoms with Gasteiger partial charge in [0, 0.05) is 13.1 Å². The highest BCUT2D eigenvalue weighted by molar-refractivity contribution is 5.67. The summed E-state index contributed by atoms with van der Waals surface area (Å²) >= 11 is 0. The maximum absolute atomic E-state index is 13.7. The van der Waals surface area contributed by atoms with Crippen LogP contribution >= 0.6 is 0 Å². The molecule has 0 aliphatic rings. The SMILES string of the molecule is O=C(O)NCCCCC(CCC(NC(=O)O)(C(C(F)(F)F)C(F)(F)F)C(C(F)(F)F)C(F)(F)F)CNC(=O)OC(C(F)(F)F)C(F)(F)F. The van der Waals surface area contributed by atoms with Gasteiger partial charge in [-0.1, -0.05) is 6.42 Å². The first-order chi connectivity index (χ1) is 21.2. The van der Waals surface area contributed by atoms with Crippen molar-refractivity contribution in [1.82, 2.24) is 16.0 Å². The van der Waals surface area contributed by atoms with Gasteiger partial charge in [-0.05, 0) is 31.6 Å². The molecule has 27 heteroatoms. The number of nitrogens with one attached hydrogen (secondary N) is 3. The highest BCUT2D eigenvalue weighted by Crippen LogP contribution is 2.57. The highest BCUT2D eigenvalue weighted by atomic mass is 19.4. The lowest BCUT2D eigenvalue weighted by Gasteiger charge is -2.48. The molecule has 48 heavy (non-hydrogen) atoms. The summed E-state index contributed by atoms with van der Waals surface area (Å²) in [5.41, 5.74) is -5.61. The average Bonchev–Trinajstić information content (AvgIpc) is 2.77. The molecule has 1 atom stereocenters. The zero-order chi connectivity index (χ0) is 38.3. The van der Waals surface area contributed by atoms with E-state index in [4.69, 9.17) is 10.2 Å². The molecule has 0 saturated carbocycles. The molecule has 0 radical (unpaired) electrons. The quantitative estimate of drug-likeness (QED) is 0.0919. The molecule has 3 amide bonds. The summed E-state index contributed by atoms with van der Waals surface area (Å²) in [6, 6.07) is 0. The maximum atomic E-state index is 13.7. The zero-order valence-electron chi connectivity index (χ0n) is 23.1. The van der Waals surface area contributed by atoms with E-state index in [0.29, 0.717) is 0 Å². The van der Waals surface area contributed by atoms with Crippen LogP contribution in [0.5, 0.6) is 0 Å². The molecule has 0 bridgehead atoms. The van der Waals surface area contributed by atoms with Crippen molar-refractivity contribution >= 4 is 18.3 Å². The van der Waals surface area contributed by atoms with Gasteiger partial charge in [0.1, 0.15) is 0 Å². The number of carbonyl (C=O) groups is 3. The molecule has 9 nitrogen and oxygen atoms in total. The number of alkyl carbamates (subject to hydrolysis) is 1. The lowest BCUT2D eigenvalue weighted by molar-refractivity contribution is -0.357. The number of unbranched alkanes of at least 4 members (excludes halogenated alkanes) is 1. The predicted octanol–water partition coefficient (Wildman–Crippen LogP) is 7.53. The lowest BCUT2D eigenvalue weighted by atomic mass is 9.68. The summed E-state index contributed by atoms with van der Waals surface area (Å²) in [7, 11) is 0. The molecule has 0 saturated heterocycles. The van der Waals surface area contributed by atoms with Gasteiger partial charge < -0.3 is 30.9 Å². The van der Waals surface area contributed by atoms with Gasteiger partial charge in [-0.15, -0.1) is 0 Å². The van der Waals surface area contributed by atoms with Crippen molar-refractivity contribution in [3.8, 4) is 0 Å². The van der Waals surface area contributed by atoms with E-state index in [1.807, 2.05) is 0 Å². The highest BCUT2D eigenvalue weighted by Gasteiger charge is 2.77. The van der Waals surface area contributed by atoms with E-state index in [2.05, 4.69) is 4.74 Å². The molecule has 5 N–H and O–H groups in total. The minimum atomic E-state index is -7.08. The molecule has 284 valence electrons. The van der Waals surface area contributed by atoms with Gasteiger partial charge in [0.25, 0.3) is 6.10 Å². The van der Waals surface area contributed by atoms with Gasteiger partial charge in [0.2, 0.25) is 0 Å². The lowest BCUT2D eigenvalue weighted by Crippen LogP contribution is -2.71. The zero-order valence-corrected chi connectivity index (χ0v) is 23.1. The van der Waals surface area contributed by atoms with Crippen LogP contribution in [0.2, 0.25) is 0 Å². The second-order valence-corrected chi connectivity index (χ2v) is 9.88. The standard InChI is InChI=1S/C21H23F18N3O6/c22-16(23,24)9(17(25,26)27)15(42-13(45)46,10(18(28,29)30)19(31,32)33)5-4-8(3-1-2-6-40-12(43)44)7-41-14(47)48-11(20(34,35)36)21(37,38)39/h8-11,40,42H,1-7H2,(H,41,47)(H,43,44)(H,45,46). The summed E-state index contributed by atoms with van der Waals surface area (Å²) < 4.78 is 244. The van der Waals surface area contributed by atoms with Crippen molar-refractivity contribution < 1.29 is 108 Å². The van der Waals surface area contributed by atoms with E-state index in [9.17, 15) is 93.4 Å². The van der Waals surface area contributed by atoms with Crippen molar-refractivity contribution in [1.29, 1.82) is 0 Å². The van der Waals surface area contributed by atoms with E-state index in [-0.39, 0.29) is 11.7 Å². The minimum Gasteiger partial charge on any atom is -0.465 e. The summed E-state index contributed by atoms with van der Waals surface area (Å²) in [6.07, 6.45) is -59.4. The Kier molecular flexibility index (Phi) is 14.7. The van der Waals surface area contributed by atoms with E-state index >= 15 is 0 Å². The number of rotatable bonds is 14. The first-order valence-corrected chi connectivity index (χ1v) is 12.5. The van der Waals surface area contributed by atoms with Gasteiger partial charge >= 0.3 is 55.3 Å². The van der Waals surface area contributed by atoms with Crippen LogP contribution in [0.3, 0.4) is 0 Å². The maximum Gasteiger partial charge on any atom is 0.434 e. The van der Waals surface area contributed by atoms with Crippen LogP contribution in [-0.4, -0.2) is 90.3 Å². The fourth-order valence-corrected chi connectivity index (χ4v) is 4.64. The molecular weight excluding hydrogens is 732 g/mol. The molecule has 0 spiro atoms. The fraction of sp³-hybridized carbons (Fsp3) is 0.857. The number of hydrogen-bond donors (Lipinski definition) is 5. The third-order valence-electron chi connectivity index (χ3n) is 6.32. The summed E-state index contributed by atoms with van der Waals surface area (Å²) in [5.74, 6) is -13.5. The Hall–Kier alpha value is -3.45. The number of carbonyl (C=O) groups excluding carboxylic acids is 1. The normalized spacial score (nSPS) is 14.7. The monoisotopic (exact) mass is 755 g/mol. The van der Waals surface area contributed by atoms with Crippen molar-refractivity contribution in [3.63, 3.8) is 0 Å². The average molecular weight is 755 g/mol. The number of amides is 3. The van der Waals surface area contributed by atoms with Crippen LogP contribution in [0.25, 0.3) is 0 Å². The number of halogens is 18. The van der Waals surface area contributed by atoms with Crippen molar-refractivity contribution in [2.75, 3.05) is 13.1 Å². The molecule has 0 aromatic heterocycles. The number of ether oxygens (including phenoxy) is 1. The molecule has 0 fully saturated rings. The first kappa shape index (κ1) is 44.5. The van der Waals surface area contributed by atoms with Crippen LogP contribution in [0.1, 0.15) is 32.1 Å². The fourth-order valence-electron chi connectivity index (χ4n) is 4.64. The molecule has 0 aromatic carbocycles. The number of carboxylic acid groups (broad SMARTS) is 2. The van der Waals surface area contributed by atoms with Crippen LogP contribution < -0.4 is 16.0 Å². The van der Waals surface area contributed by atoms with Crippen LogP contribution in [0, 0.1) is 17.8 Å². The first-order valence-electron chi connectivity index (χ1n) is 12.5. The van der Waals surface area contributed by atoms with Crippen LogP contribution in [0.4, 0.5) is 93.4 Å². The third kappa shape index (κ3) is 14.0. The van der Waals surface area contributed by atoms with Crippen molar-refractivity contribution in [3.05, 3.63) is 0 Å². The molecule has 0 heterocycles. The van der Waals surface area contributed by atoms with Crippen LogP contribution in [0.15, 0.2) is 0 Å². The van der Waals surface area contributed by atoms with Crippen molar-refractivity contribution in [2.45, 2.75) is 80.8 Å². The minimum absolute atomic E-state index is 0.0875. The Labute approximate surface area is 255 Å². The van der Waals surface area contributed by atoms with E-state index in [1.165, 1.54) is 5.32 Å². The molecular formula is C21H23F18N3O6. The smallest absolute Gasteiger partial charge is 0.434 e. The Bertz CT molecular complexity index is 994. The number of hydrogen-bond acceptors (Lipinski definition) is 4. The Morgan fingerprint density at radius 1 is 0.562 bits per heavy atom. The summed E-state index contributed by atoms with van der Waals surface area (Å²) in [4.78, 5) is 33.5. The third-order valence-corrected chi connectivity index (χ3v) is 6.32. The summed E-state index contributed by atoms with van der Waals surface area (Å²) in [6.45, 7) is -1.97. The van der Waals surface area contributed by atoms with Gasteiger partial charge in [-0.2, -0.15) is 79.0 Å². The molecule has 1 unspecified atom stereocenters. The second-order valence-electron chi connectivity index (χ2n) is 9.88. The topological polar surface area (TPSA) is 137 Å². The van der Waals surface area contributed by atoms with E-state index < -0.39 is 124 Å². The Morgan fingerprint density at radius 3 is 1.31 bits per heavy atom. The molecule has 0 aliphatic heterocycles. The van der Waals surface area contributed by atoms with Gasteiger partial charge in [-0.3, -0.25) is 0 Å². The molecule has 0 aliphatic carbocycles. The molecule has 0 aromatic rings. The second kappa shape index (κ2) is 15.8. The van der Waals surface area contributed by atoms with Crippen LogP contribution in [-0.2, 0) is 4.74 Å². The Morgan fingerprint density at radius 2 is 0.979 bits per heavy atom. The predicted molar refractivity (Wildman–Crippen MR) is 118 cm³/mol. The molecule has 0 rings (SSSR count). The van der Waals surface area contributed by atoms with E-state index in [0.717, 1.165) is 0 Å². The van der Waals surface area contributed by atoms with Gasteiger partial charge in [0.15, 0.2) is 11.8 Å². The van der Waals surface area contributed by atoms with Gasteiger partial charge in [-0.25, -0.2) is 14.4 Å². The number of alkyl halides is 18. The summed E-state index contributed by atoms with van der Waals surface area (Å²) in [5, 5.41) is 20.4. The van der Waals surface area contributed by atoms with E-state index in [1.54, 1.807) is 5.32 Å². The van der Waals surface area contributed by atoms with Crippen molar-refractivity contribution in [2.24, 2.45) is 17.8 Å². The van der Waals surface area contributed by atoms with Gasteiger partial charge in [0.05, 0.1) is 5.54 Å². The largest absolute Gasteiger partial charge is 0.465 e.